The predicted octanol–water partition coefficient (Wildman–Crippen LogP) is 8.35. The smallest absolute Gasteiger partial charge is 0.450 e. The highest BCUT2D eigenvalue weighted by atomic mass is 16.7. The number of rotatable bonds is 9. The normalized spacial score (nSPS) is 41.5. The fourth-order valence-corrected chi connectivity index (χ4v) is 9.66. The Labute approximate surface area is 214 Å². The van der Waals surface area contributed by atoms with Crippen molar-refractivity contribution in [3.63, 3.8) is 0 Å². The SMILES string of the molecule is COCCC1C[C@@]2(C)C(=CC[C@H]3[C@@H]4CC[C@H]([C@H](C)CCCC(C)C)[C@@]4(C)CC[C@@H]32)CC1OC(=O)O. The van der Waals surface area contributed by atoms with Gasteiger partial charge in [0.15, 0.2) is 0 Å². The van der Waals surface area contributed by atoms with Crippen LogP contribution in [0.4, 0.5) is 4.79 Å². The highest BCUT2D eigenvalue weighted by molar-refractivity contribution is 5.57. The van der Waals surface area contributed by atoms with E-state index in [1.54, 1.807) is 7.11 Å². The Morgan fingerprint density at radius 2 is 1.91 bits per heavy atom. The zero-order valence-electron chi connectivity index (χ0n) is 23.4. The Hall–Kier alpha value is -1.03. The third kappa shape index (κ3) is 5.20. The van der Waals surface area contributed by atoms with E-state index in [1.807, 2.05) is 0 Å². The molecule has 35 heavy (non-hydrogen) atoms. The molecule has 0 aromatic carbocycles. The number of methoxy groups -OCH3 is 1. The van der Waals surface area contributed by atoms with Crippen LogP contribution in [0.5, 0.6) is 0 Å². The van der Waals surface area contributed by atoms with Crippen molar-refractivity contribution in [3.05, 3.63) is 11.6 Å². The number of hydrogen-bond acceptors (Lipinski definition) is 3. The molecule has 0 bridgehead atoms. The van der Waals surface area contributed by atoms with Crippen molar-refractivity contribution in [1.82, 2.24) is 0 Å². The summed E-state index contributed by atoms with van der Waals surface area (Å²) in [6.45, 7) is 13.1. The van der Waals surface area contributed by atoms with Crippen molar-refractivity contribution in [2.45, 2.75) is 111 Å². The molecule has 3 fully saturated rings. The Balaban J connectivity index is 1.51. The van der Waals surface area contributed by atoms with Gasteiger partial charge >= 0.3 is 6.16 Å². The minimum atomic E-state index is -1.14. The van der Waals surface area contributed by atoms with Gasteiger partial charge in [-0.25, -0.2) is 4.79 Å². The Morgan fingerprint density at radius 1 is 1.14 bits per heavy atom. The molecule has 0 aromatic heterocycles. The topological polar surface area (TPSA) is 55.8 Å². The minimum absolute atomic E-state index is 0.183. The van der Waals surface area contributed by atoms with E-state index < -0.39 is 6.16 Å². The summed E-state index contributed by atoms with van der Waals surface area (Å²) < 4.78 is 10.8. The van der Waals surface area contributed by atoms with E-state index in [1.165, 1.54) is 56.9 Å². The van der Waals surface area contributed by atoms with Crippen LogP contribution >= 0.6 is 0 Å². The molecule has 200 valence electrons. The van der Waals surface area contributed by atoms with Crippen LogP contribution in [-0.4, -0.2) is 31.1 Å². The number of carbonyl (C=O) groups is 1. The Morgan fingerprint density at radius 3 is 2.60 bits per heavy atom. The van der Waals surface area contributed by atoms with Gasteiger partial charge in [-0.1, -0.05) is 65.5 Å². The molecule has 0 amide bonds. The number of allylic oxidation sites excluding steroid dienone is 1. The van der Waals surface area contributed by atoms with Crippen molar-refractivity contribution in [2.75, 3.05) is 13.7 Å². The van der Waals surface area contributed by atoms with Gasteiger partial charge in [0.1, 0.15) is 6.10 Å². The molecular formula is C31H52O4. The van der Waals surface area contributed by atoms with Gasteiger partial charge in [-0.2, -0.15) is 0 Å². The summed E-state index contributed by atoms with van der Waals surface area (Å²) in [4.78, 5) is 11.4. The van der Waals surface area contributed by atoms with Crippen LogP contribution < -0.4 is 0 Å². The summed E-state index contributed by atoms with van der Waals surface area (Å²) in [6, 6.07) is 0. The average molecular weight is 489 g/mol. The zero-order valence-corrected chi connectivity index (χ0v) is 23.4. The van der Waals surface area contributed by atoms with E-state index in [9.17, 15) is 9.90 Å². The maximum atomic E-state index is 11.4. The molecule has 4 aliphatic carbocycles. The minimum Gasteiger partial charge on any atom is -0.450 e. The van der Waals surface area contributed by atoms with E-state index >= 15 is 0 Å². The molecule has 0 spiro atoms. The predicted molar refractivity (Wildman–Crippen MR) is 141 cm³/mol. The van der Waals surface area contributed by atoms with Gasteiger partial charge in [0.25, 0.3) is 0 Å². The molecule has 9 atom stereocenters. The summed E-state index contributed by atoms with van der Waals surface area (Å²) in [5, 5.41) is 9.37. The lowest BCUT2D eigenvalue weighted by atomic mass is 9.46. The van der Waals surface area contributed by atoms with Gasteiger partial charge < -0.3 is 14.6 Å². The van der Waals surface area contributed by atoms with E-state index in [0.717, 1.165) is 54.8 Å². The van der Waals surface area contributed by atoms with Crippen LogP contribution in [0, 0.1) is 52.3 Å². The van der Waals surface area contributed by atoms with Crippen LogP contribution in [0.25, 0.3) is 0 Å². The van der Waals surface area contributed by atoms with E-state index in [0.29, 0.717) is 12.0 Å². The number of hydrogen-bond donors (Lipinski definition) is 1. The number of fused-ring (bicyclic) bond motifs is 5. The summed E-state index contributed by atoms with van der Waals surface area (Å²) >= 11 is 0. The second kappa shape index (κ2) is 10.8. The standard InChI is InChI=1S/C31H52O4/c1-20(2)8-7-9-21(3)25-12-13-26-24-11-10-23-18-28(35-29(32)33)22(15-17-34-6)19-31(23,5)27(24)14-16-30(25,26)4/h10,20-22,24-28H,7-9,11-19H2,1-6H3,(H,32,33)/t21-,22?,24+,25-,26+,27+,28?,30-,31+/m1/s1. The fraction of sp³-hybridized carbons (Fsp3) is 0.903. The quantitative estimate of drug-likeness (QED) is 0.262. The van der Waals surface area contributed by atoms with Gasteiger partial charge in [0.2, 0.25) is 0 Å². The molecule has 1 N–H and O–H groups in total. The first-order valence-electron chi connectivity index (χ1n) is 14.7. The Bertz CT molecular complexity index is 774. The molecule has 0 radical (unpaired) electrons. The first kappa shape index (κ1) is 27.0. The summed E-state index contributed by atoms with van der Waals surface area (Å²) in [6.07, 6.45) is 14.7. The summed E-state index contributed by atoms with van der Waals surface area (Å²) in [7, 11) is 1.74. The second-order valence-corrected chi connectivity index (χ2v) is 13.7. The monoisotopic (exact) mass is 488 g/mol. The van der Waals surface area contributed by atoms with Gasteiger partial charge in [-0.3, -0.25) is 0 Å². The lowest BCUT2D eigenvalue weighted by Gasteiger charge is -2.59. The lowest BCUT2D eigenvalue weighted by molar-refractivity contribution is -0.0768. The highest BCUT2D eigenvalue weighted by Crippen LogP contribution is 2.67. The van der Waals surface area contributed by atoms with Gasteiger partial charge in [-0.05, 0) is 97.2 Å². The summed E-state index contributed by atoms with van der Waals surface area (Å²) in [5.41, 5.74) is 2.17. The van der Waals surface area contributed by atoms with E-state index in [-0.39, 0.29) is 17.4 Å². The number of ether oxygens (including phenoxy) is 2. The third-order valence-electron chi connectivity index (χ3n) is 11.4. The first-order chi connectivity index (χ1) is 16.6. The lowest BCUT2D eigenvalue weighted by Crippen LogP contribution is -2.52. The molecular weight excluding hydrogens is 436 g/mol. The third-order valence-corrected chi connectivity index (χ3v) is 11.4. The molecule has 4 rings (SSSR count). The van der Waals surface area contributed by atoms with Crippen LogP contribution in [0.1, 0.15) is 105 Å². The molecule has 2 unspecified atom stereocenters. The van der Waals surface area contributed by atoms with Crippen LogP contribution in [0.2, 0.25) is 0 Å². The van der Waals surface area contributed by atoms with Crippen molar-refractivity contribution >= 4 is 6.16 Å². The molecule has 4 heteroatoms. The van der Waals surface area contributed by atoms with Gasteiger partial charge in [0.05, 0.1) is 0 Å². The van der Waals surface area contributed by atoms with Crippen molar-refractivity contribution in [3.8, 4) is 0 Å². The molecule has 0 heterocycles. The number of carboxylic acid groups (broad SMARTS) is 1. The van der Waals surface area contributed by atoms with Crippen LogP contribution in [0.15, 0.2) is 11.6 Å². The second-order valence-electron chi connectivity index (χ2n) is 13.7. The molecule has 4 nitrogen and oxygen atoms in total. The van der Waals surface area contributed by atoms with Crippen molar-refractivity contribution in [2.24, 2.45) is 52.3 Å². The van der Waals surface area contributed by atoms with Gasteiger partial charge in [-0.15, -0.1) is 0 Å². The van der Waals surface area contributed by atoms with Gasteiger partial charge in [0, 0.05) is 20.1 Å². The van der Waals surface area contributed by atoms with E-state index in [2.05, 4.69) is 40.7 Å². The molecule has 4 aliphatic rings. The Kier molecular flexibility index (Phi) is 8.30. The first-order valence-corrected chi connectivity index (χ1v) is 14.7. The molecule has 3 saturated carbocycles. The van der Waals surface area contributed by atoms with Crippen molar-refractivity contribution in [1.29, 1.82) is 0 Å². The summed E-state index contributed by atoms with van der Waals surface area (Å²) in [5.74, 6) is 5.15. The maximum absolute atomic E-state index is 11.4. The molecule has 0 aliphatic heterocycles. The van der Waals surface area contributed by atoms with E-state index in [4.69, 9.17) is 9.47 Å². The largest absolute Gasteiger partial charge is 0.506 e. The van der Waals surface area contributed by atoms with Crippen LogP contribution in [0.3, 0.4) is 0 Å². The van der Waals surface area contributed by atoms with Crippen LogP contribution in [-0.2, 0) is 9.47 Å². The molecule has 0 aromatic rings. The average Bonchev–Trinajstić information content (AvgIpc) is 3.14. The van der Waals surface area contributed by atoms with Crippen molar-refractivity contribution < 1.29 is 19.4 Å². The highest BCUT2D eigenvalue weighted by Gasteiger charge is 2.60. The fourth-order valence-electron chi connectivity index (χ4n) is 9.66. The maximum Gasteiger partial charge on any atom is 0.506 e. The molecule has 0 saturated heterocycles. The zero-order chi connectivity index (χ0) is 25.4.